The Morgan fingerprint density at radius 2 is 1.83 bits per heavy atom. The smallest absolute Gasteiger partial charge is 0.339 e. The van der Waals surface area contributed by atoms with Gasteiger partial charge in [-0.15, -0.1) is 0 Å². The first-order valence-electron chi connectivity index (χ1n) is 7.19. The Balaban J connectivity index is 2.23. The van der Waals surface area contributed by atoms with Crippen LogP contribution in [0.2, 0.25) is 0 Å². The maximum atomic E-state index is 12.9. The van der Waals surface area contributed by atoms with Gasteiger partial charge in [0.2, 0.25) is 5.78 Å². The average Bonchev–Trinajstić information content (AvgIpc) is 2.82. The number of nitrogens with one attached hydrogen (secondary N) is 2. The normalized spacial score (nSPS) is 11.9. The summed E-state index contributed by atoms with van der Waals surface area (Å²) >= 11 is 0. The fourth-order valence-corrected chi connectivity index (χ4v) is 2.48. The van der Waals surface area contributed by atoms with Crippen molar-refractivity contribution in [2.45, 2.75) is 26.8 Å². The number of Topliss-reactive ketones (excluding diaryl/α,β-unsaturated/α-hetero) is 1. The minimum Gasteiger partial charge on any atom is -0.465 e. The van der Waals surface area contributed by atoms with Crippen molar-refractivity contribution in [2.75, 3.05) is 12.4 Å². The number of ether oxygens (including phenoxy) is 1. The number of hydrogen-bond acceptors (Lipinski definition) is 4. The van der Waals surface area contributed by atoms with Crippen molar-refractivity contribution in [3.05, 3.63) is 52.6 Å². The van der Waals surface area contributed by atoms with Crippen LogP contribution < -0.4 is 5.32 Å². The molecule has 0 aliphatic carbocycles. The quantitative estimate of drug-likeness (QED) is 0.656. The molecule has 0 radical (unpaired) electrons. The van der Waals surface area contributed by atoms with Gasteiger partial charge >= 0.3 is 5.97 Å². The molecular formula is C17H19FN2O3. The Kier molecular flexibility index (Phi) is 4.83. The van der Waals surface area contributed by atoms with Crippen molar-refractivity contribution in [3.63, 3.8) is 0 Å². The Morgan fingerprint density at radius 3 is 2.39 bits per heavy atom. The van der Waals surface area contributed by atoms with Crippen LogP contribution in [0.1, 0.15) is 39.0 Å². The van der Waals surface area contributed by atoms with E-state index in [1.807, 2.05) is 0 Å². The lowest BCUT2D eigenvalue weighted by atomic mass is 10.0. The number of anilines is 1. The van der Waals surface area contributed by atoms with Crippen molar-refractivity contribution in [1.82, 2.24) is 4.98 Å². The predicted octanol–water partition coefficient (Wildman–Crippen LogP) is 3.24. The van der Waals surface area contributed by atoms with Crippen molar-refractivity contribution in [3.8, 4) is 0 Å². The van der Waals surface area contributed by atoms with Gasteiger partial charge in [-0.2, -0.15) is 0 Å². The largest absolute Gasteiger partial charge is 0.465 e. The molecule has 0 bridgehead atoms. The average molecular weight is 318 g/mol. The zero-order chi connectivity index (χ0) is 17.1. The van der Waals surface area contributed by atoms with E-state index < -0.39 is 12.0 Å². The van der Waals surface area contributed by atoms with Crippen LogP contribution in [0.5, 0.6) is 0 Å². The van der Waals surface area contributed by atoms with Crippen molar-refractivity contribution < 1.29 is 18.7 Å². The second kappa shape index (κ2) is 6.64. The summed E-state index contributed by atoms with van der Waals surface area (Å²) in [7, 11) is 1.30. The number of methoxy groups -OCH3 is 1. The summed E-state index contributed by atoms with van der Waals surface area (Å²) in [6.07, 6.45) is 0. The number of H-pyrrole nitrogens is 1. The highest BCUT2D eigenvalue weighted by molar-refractivity contribution is 6.04. The van der Waals surface area contributed by atoms with E-state index in [0.717, 1.165) is 0 Å². The lowest BCUT2D eigenvalue weighted by Gasteiger charge is -2.14. The maximum Gasteiger partial charge on any atom is 0.339 e. The highest BCUT2D eigenvalue weighted by Crippen LogP contribution is 2.21. The van der Waals surface area contributed by atoms with Crippen LogP contribution in [0.3, 0.4) is 0 Å². The topological polar surface area (TPSA) is 71.2 Å². The van der Waals surface area contributed by atoms with Gasteiger partial charge in [0.05, 0.1) is 24.4 Å². The Bertz CT molecular complexity index is 735. The minimum absolute atomic E-state index is 0.190. The number of carbonyl (C=O) groups excluding carboxylic acids is 2. The van der Waals surface area contributed by atoms with E-state index in [4.69, 9.17) is 4.74 Å². The number of aryl methyl sites for hydroxylation is 1. The van der Waals surface area contributed by atoms with Crippen molar-refractivity contribution in [1.29, 1.82) is 0 Å². The number of rotatable bonds is 5. The zero-order valence-electron chi connectivity index (χ0n) is 13.5. The molecular weight excluding hydrogens is 299 g/mol. The van der Waals surface area contributed by atoms with Crippen LogP contribution in [0.4, 0.5) is 10.1 Å². The predicted molar refractivity (Wildman–Crippen MR) is 85.4 cm³/mol. The van der Waals surface area contributed by atoms with Gasteiger partial charge < -0.3 is 15.0 Å². The molecule has 0 saturated carbocycles. The lowest BCUT2D eigenvalue weighted by molar-refractivity contribution is 0.0599. The molecule has 6 heteroatoms. The van der Waals surface area contributed by atoms with Gasteiger partial charge in [0.25, 0.3) is 0 Å². The highest BCUT2D eigenvalue weighted by atomic mass is 19.1. The van der Waals surface area contributed by atoms with E-state index >= 15 is 0 Å². The Labute approximate surface area is 133 Å². The first kappa shape index (κ1) is 16.7. The molecule has 122 valence electrons. The second-order valence-electron chi connectivity index (χ2n) is 5.35. The maximum absolute atomic E-state index is 12.9. The molecule has 0 spiro atoms. The van der Waals surface area contributed by atoms with E-state index in [1.54, 1.807) is 32.9 Å². The van der Waals surface area contributed by atoms with Gasteiger partial charge in [0, 0.05) is 11.4 Å². The number of benzene rings is 1. The fourth-order valence-electron chi connectivity index (χ4n) is 2.48. The first-order chi connectivity index (χ1) is 10.8. The Morgan fingerprint density at radius 1 is 1.22 bits per heavy atom. The molecule has 2 rings (SSSR count). The minimum atomic E-state index is -0.539. The third kappa shape index (κ3) is 3.41. The summed E-state index contributed by atoms with van der Waals surface area (Å²) in [6.45, 7) is 5.13. The monoisotopic (exact) mass is 318 g/mol. The van der Waals surface area contributed by atoms with Gasteiger partial charge in [-0.05, 0) is 50.6 Å². The van der Waals surface area contributed by atoms with Crippen LogP contribution in [-0.2, 0) is 4.74 Å². The molecule has 1 atom stereocenters. The summed E-state index contributed by atoms with van der Waals surface area (Å²) < 4.78 is 17.7. The van der Waals surface area contributed by atoms with E-state index in [2.05, 4.69) is 10.3 Å². The van der Waals surface area contributed by atoms with Gasteiger partial charge in [0.1, 0.15) is 5.82 Å². The van der Waals surface area contributed by atoms with E-state index in [9.17, 15) is 14.0 Å². The van der Waals surface area contributed by atoms with Crippen molar-refractivity contribution >= 4 is 17.4 Å². The molecule has 23 heavy (non-hydrogen) atoms. The molecule has 0 aliphatic rings. The summed E-state index contributed by atoms with van der Waals surface area (Å²) in [4.78, 5) is 27.3. The molecule has 0 fully saturated rings. The number of hydrogen-bond donors (Lipinski definition) is 2. The molecule has 0 saturated heterocycles. The summed E-state index contributed by atoms with van der Waals surface area (Å²) in [5.41, 5.74) is 2.54. The van der Waals surface area contributed by atoms with Gasteiger partial charge in [-0.1, -0.05) is 0 Å². The molecule has 0 aliphatic heterocycles. The first-order valence-corrected chi connectivity index (χ1v) is 7.19. The lowest BCUT2D eigenvalue weighted by Crippen LogP contribution is -2.27. The van der Waals surface area contributed by atoms with Crippen LogP contribution in [-0.4, -0.2) is 29.9 Å². The fraction of sp³-hybridized carbons (Fsp3) is 0.294. The van der Waals surface area contributed by atoms with Gasteiger partial charge in [0.15, 0.2) is 0 Å². The molecule has 0 amide bonds. The SMILES string of the molecule is COC(=O)c1c(C)[nH]c(C(=O)[C@H](C)Nc2ccc(F)cc2)c1C. The van der Waals surface area contributed by atoms with E-state index in [1.165, 1.54) is 19.2 Å². The van der Waals surface area contributed by atoms with E-state index in [0.29, 0.717) is 28.2 Å². The highest BCUT2D eigenvalue weighted by Gasteiger charge is 2.25. The third-order valence-electron chi connectivity index (χ3n) is 3.69. The summed E-state index contributed by atoms with van der Waals surface area (Å²) in [5.74, 6) is -1.01. The van der Waals surface area contributed by atoms with Crippen LogP contribution in [0.15, 0.2) is 24.3 Å². The molecule has 5 nitrogen and oxygen atoms in total. The van der Waals surface area contributed by atoms with Crippen molar-refractivity contribution in [2.24, 2.45) is 0 Å². The number of esters is 1. The second-order valence-corrected chi connectivity index (χ2v) is 5.35. The number of aromatic nitrogens is 1. The van der Waals surface area contributed by atoms with Crippen LogP contribution in [0, 0.1) is 19.7 Å². The molecule has 1 aromatic carbocycles. The molecule has 0 unspecified atom stereocenters. The van der Waals surface area contributed by atoms with E-state index in [-0.39, 0.29) is 11.6 Å². The van der Waals surface area contributed by atoms with Crippen LogP contribution >= 0.6 is 0 Å². The molecule has 1 aromatic heterocycles. The zero-order valence-corrected chi connectivity index (χ0v) is 13.5. The number of aromatic amines is 1. The molecule has 1 heterocycles. The van der Waals surface area contributed by atoms with Gasteiger partial charge in [-0.3, -0.25) is 4.79 Å². The summed E-state index contributed by atoms with van der Waals surface area (Å²) in [5, 5.41) is 3.01. The third-order valence-corrected chi connectivity index (χ3v) is 3.69. The van der Waals surface area contributed by atoms with Crippen LogP contribution in [0.25, 0.3) is 0 Å². The number of halogens is 1. The number of carbonyl (C=O) groups is 2. The number of ketones is 1. The molecule has 2 aromatic rings. The molecule has 2 N–H and O–H groups in total. The summed E-state index contributed by atoms with van der Waals surface area (Å²) in [6, 6.07) is 5.22. The standard InChI is InChI=1S/C17H19FN2O3/c1-9-14(17(22)23-4)10(2)20-15(9)16(21)11(3)19-13-7-5-12(18)6-8-13/h5-8,11,19-20H,1-4H3/t11-/m0/s1. The van der Waals surface area contributed by atoms with Gasteiger partial charge in [-0.25, -0.2) is 9.18 Å². The Hall–Kier alpha value is -2.63.